The fourth-order valence-electron chi connectivity index (χ4n) is 3.62. The van der Waals surface area contributed by atoms with Gasteiger partial charge in [0.25, 0.3) is 0 Å². The zero-order valence-electron chi connectivity index (χ0n) is 13.6. The van der Waals surface area contributed by atoms with Gasteiger partial charge in [0.15, 0.2) is 0 Å². The number of nitrogens with zero attached hydrogens (tertiary/aromatic N) is 2. The molecule has 2 heterocycles. The molecule has 5 nitrogen and oxygen atoms in total. The lowest BCUT2D eigenvalue weighted by atomic mass is 9.92. The second kappa shape index (κ2) is 7.56. The van der Waals surface area contributed by atoms with Crippen molar-refractivity contribution in [3.05, 3.63) is 0 Å². The molecule has 0 aromatic rings. The molecule has 0 unspecified atom stereocenters. The van der Waals surface area contributed by atoms with Crippen LogP contribution in [-0.2, 0) is 9.53 Å². The summed E-state index contributed by atoms with van der Waals surface area (Å²) in [5.74, 6) is 0.0421. The van der Waals surface area contributed by atoms with Crippen molar-refractivity contribution in [2.45, 2.75) is 58.3 Å². The first kappa shape index (κ1) is 16.7. The molecule has 2 fully saturated rings. The van der Waals surface area contributed by atoms with Crippen molar-refractivity contribution in [3.8, 4) is 0 Å². The molecule has 0 radical (unpaired) electrons. The first-order valence-corrected chi connectivity index (χ1v) is 8.30. The molecule has 122 valence electrons. The Morgan fingerprint density at radius 3 is 2.33 bits per heavy atom. The van der Waals surface area contributed by atoms with Gasteiger partial charge in [0.05, 0.1) is 12.2 Å². The SMILES string of the molecule is C[C@@H]1CN(CCC2CCN([C@@H](C)C(=O)O)CC2)C[C@@H](C)O1. The van der Waals surface area contributed by atoms with Crippen LogP contribution in [0.25, 0.3) is 0 Å². The van der Waals surface area contributed by atoms with Gasteiger partial charge in [-0.3, -0.25) is 14.6 Å². The van der Waals surface area contributed by atoms with Crippen molar-refractivity contribution in [1.29, 1.82) is 0 Å². The number of carboxylic acid groups (broad SMARTS) is 1. The number of ether oxygens (including phenoxy) is 1. The first-order valence-electron chi connectivity index (χ1n) is 8.30. The fourth-order valence-corrected chi connectivity index (χ4v) is 3.62. The van der Waals surface area contributed by atoms with Crippen LogP contribution in [0.15, 0.2) is 0 Å². The minimum absolute atomic E-state index is 0.340. The lowest BCUT2D eigenvalue weighted by Crippen LogP contribution is -2.47. The molecule has 5 heteroatoms. The normalized spacial score (nSPS) is 31.2. The Morgan fingerprint density at radius 1 is 1.24 bits per heavy atom. The predicted molar refractivity (Wildman–Crippen MR) is 82.5 cm³/mol. The molecule has 1 N–H and O–H groups in total. The van der Waals surface area contributed by atoms with Crippen LogP contribution < -0.4 is 0 Å². The summed E-state index contributed by atoms with van der Waals surface area (Å²) in [5, 5.41) is 9.06. The van der Waals surface area contributed by atoms with Crippen LogP contribution in [0.1, 0.15) is 40.0 Å². The van der Waals surface area contributed by atoms with Crippen LogP contribution in [-0.4, -0.2) is 71.8 Å². The molecule has 21 heavy (non-hydrogen) atoms. The largest absolute Gasteiger partial charge is 0.480 e. The summed E-state index contributed by atoms with van der Waals surface area (Å²) in [5.41, 5.74) is 0. The molecule has 0 amide bonds. The van der Waals surface area contributed by atoms with Gasteiger partial charge >= 0.3 is 5.97 Å². The van der Waals surface area contributed by atoms with E-state index in [-0.39, 0.29) is 6.04 Å². The summed E-state index contributed by atoms with van der Waals surface area (Å²) in [6, 6.07) is -0.341. The monoisotopic (exact) mass is 298 g/mol. The maximum Gasteiger partial charge on any atom is 0.320 e. The summed E-state index contributed by atoms with van der Waals surface area (Å²) in [4.78, 5) is 15.6. The van der Waals surface area contributed by atoms with E-state index >= 15 is 0 Å². The highest BCUT2D eigenvalue weighted by Crippen LogP contribution is 2.23. The number of morpholine rings is 1. The molecule has 0 aromatic heterocycles. The van der Waals surface area contributed by atoms with Crippen LogP contribution in [0.5, 0.6) is 0 Å². The van der Waals surface area contributed by atoms with Crippen molar-refractivity contribution in [2.75, 3.05) is 32.7 Å². The van der Waals surface area contributed by atoms with Crippen LogP contribution in [0.4, 0.5) is 0 Å². The summed E-state index contributed by atoms with van der Waals surface area (Å²) >= 11 is 0. The first-order chi connectivity index (χ1) is 9.95. The highest BCUT2D eigenvalue weighted by molar-refractivity contribution is 5.72. The molecule has 3 atom stereocenters. The molecule has 0 aliphatic carbocycles. The van der Waals surface area contributed by atoms with E-state index in [0.717, 1.165) is 51.5 Å². The summed E-state index contributed by atoms with van der Waals surface area (Å²) < 4.78 is 5.77. The number of aliphatic carboxylic acids is 1. The van der Waals surface area contributed by atoms with Crippen molar-refractivity contribution in [1.82, 2.24) is 9.80 Å². The molecule has 2 aliphatic rings. The van der Waals surface area contributed by atoms with E-state index < -0.39 is 5.97 Å². The standard InChI is InChI=1S/C16H30N2O3/c1-12-10-17(11-13(2)21-12)7-4-15-5-8-18(9-6-15)14(3)16(19)20/h12-15H,4-11H2,1-3H3,(H,19,20)/t12-,13-,14+/m1/s1. The van der Waals surface area contributed by atoms with Gasteiger partial charge in [-0.2, -0.15) is 0 Å². The van der Waals surface area contributed by atoms with E-state index in [0.29, 0.717) is 12.2 Å². The van der Waals surface area contributed by atoms with Gasteiger partial charge in [0.1, 0.15) is 6.04 Å². The van der Waals surface area contributed by atoms with E-state index in [2.05, 4.69) is 23.6 Å². The Labute approximate surface area is 128 Å². The quantitative estimate of drug-likeness (QED) is 0.837. The minimum Gasteiger partial charge on any atom is -0.480 e. The Balaban J connectivity index is 1.68. The smallest absolute Gasteiger partial charge is 0.320 e. The summed E-state index contributed by atoms with van der Waals surface area (Å²) in [6.07, 6.45) is 4.17. The Kier molecular flexibility index (Phi) is 6.02. The zero-order chi connectivity index (χ0) is 15.4. The topological polar surface area (TPSA) is 53.0 Å². The molecule has 2 saturated heterocycles. The van der Waals surface area contributed by atoms with Crippen molar-refractivity contribution < 1.29 is 14.6 Å². The van der Waals surface area contributed by atoms with Crippen molar-refractivity contribution >= 4 is 5.97 Å². The molecular formula is C16H30N2O3. The number of likely N-dealkylation sites (tertiary alicyclic amines) is 1. The zero-order valence-corrected chi connectivity index (χ0v) is 13.6. The number of hydrogen-bond acceptors (Lipinski definition) is 4. The molecule has 0 spiro atoms. The van der Waals surface area contributed by atoms with Crippen LogP contribution in [0.3, 0.4) is 0 Å². The van der Waals surface area contributed by atoms with Gasteiger partial charge in [0.2, 0.25) is 0 Å². The molecule has 2 aliphatic heterocycles. The number of rotatable bonds is 5. The lowest BCUT2D eigenvalue weighted by molar-refractivity contribution is -0.143. The molecule has 0 aromatic carbocycles. The Hall–Kier alpha value is -0.650. The van der Waals surface area contributed by atoms with Gasteiger partial charge in [0, 0.05) is 13.1 Å². The predicted octanol–water partition coefficient (Wildman–Crippen LogP) is 1.67. The number of hydrogen-bond donors (Lipinski definition) is 1. The second-order valence-corrected chi connectivity index (χ2v) is 6.80. The third-order valence-corrected chi connectivity index (χ3v) is 4.90. The average molecular weight is 298 g/mol. The van der Waals surface area contributed by atoms with Gasteiger partial charge in [-0.05, 0) is 65.6 Å². The lowest BCUT2D eigenvalue weighted by Gasteiger charge is -2.38. The third-order valence-electron chi connectivity index (χ3n) is 4.90. The van der Waals surface area contributed by atoms with E-state index in [1.807, 2.05) is 0 Å². The maximum atomic E-state index is 11.0. The van der Waals surface area contributed by atoms with E-state index in [4.69, 9.17) is 9.84 Å². The number of piperidine rings is 1. The third kappa shape index (κ3) is 4.94. The Bertz CT molecular complexity index is 332. The summed E-state index contributed by atoms with van der Waals surface area (Å²) in [6.45, 7) is 11.2. The van der Waals surface area contributed by atoms with E-state index in [9.17, 15) is 4.79 Å². The number of carbonyl (C=O) groups is 1. The van der Waals surface area contributed by atoms with Gasteiger partial charge < -0.3 is 9.84 Å². The summed E-state index contributed by atoms with van der Waals surface area (Å²) in [7, 11) is 0. The van der Waals surface area contributed by atoms with Gasteiger partial charge in [-0.25, -0.2) is 0 Å². The minimum atomic E-state index is -0.704. The van der Waals surface area contributed by atoms with Gasteiger partial charge in [-0.1, -0.05) is 0 Å². The average Bonchev–Trinajstić information content (AvgIpc) is 2.44. The Morgan fingerprint density at radius 2 is 1.81 bits per heavy atom. The molecular weight excluding hydrogens is 268 g/mol. The fraction of sp³-hybridized carbons (Fsp3) is 0.938. The van der Waals surface area contributed by atoms with E-state index in [1.165, 1.54) is 6.42 Å². The van der Waals surface area contributed by atoms with Crippen molar-refractivity contribution in [2.24, 2.45) is 5.92 Å². The van der Waals surface area contributed by atoms with E-state index in [1.54, 1.807) is 6.92 Å². The number of carboxylic acids is 1. The highest BCUT2D eigenvalue weighted by Gasteiger charge is 2.27. The van der Waals surface area contributed by atoms with Crippen LogP contribution in [0.2, 0.25) is 0 Å². The second-order valence-electron chi connectivity index (χ2n) is 6.80. The molecule has 2 rings (SSSR count). The van der Waals surface area contributed by atoms with Crippen molar-refractivity contribution in [3.63, 3.8) is 0 Å². The highest BCUT2D eigenvalue weighted by atomic mass is 16.5. The molecule has 0 saturated carbocycles. The van der Waals surface area contributed by atoms with Crippen LogP contribution in [0, 0.1) is 5.92 Å². The van der Waals surface area contributed by atoms with Crippen LogP contribution >= 0.6 is 0 Å². The van der Waals surface area contributed by atoms with Gasteiger partial charge in [-0.15, -0.1) is 0 Å². The molecule has 0 bridgehead atoms. The maximum absolute atomic E-state index is 11.0.